The normalized spacial score (nSPS) is 8.83. The first-order valence-electron chi connectivity index (χ1n) is 1.77. The number of rotatable bonds is 0. The molecule has 1 aromatic rings. The lowest BCUT2D eigenvalue weighted by atomic mass is 10.6. The van der Waals surface area contributed by atoms with E-state index in [9.17, 15) is 0 Å². The van der Waals surface area contributed by atoms with Crippen LogP contribution in [0.5, 0.6) is 0 Å². The average molecular weight is 81.1 g/mol. The molecular formula is C4H5N2-. The molecule has 0 amide bonds. The number of imidazole rings is 1. The smallest absolute Gasteiger partial charge is 0.0428 e. The van der Waals surface area contributed by atoms with Gasteiger partial charge in [-0.05, 0) is 6.92 Å². The maximum absolute atomic E-state index is 3.64. The van der Waals surface area contributed by atoms with Gasteiger partial charge in [0.05, 0.1) is 0 Å². The Morgan fingerprint density at radius 2 is 2.83 bits per heavy atom. The van der Waals surface area contributed by atoms with Gasteiger partial charge >= 0.3 is 0 Å². The molecule has 0 radical (unpaired) electrons. The molecule has 0 aliphatic heterocycles. The number of nitrogens with one attached hydrogen (secondary N) is 1. The van der Waals surface area contributed by atoms with Crippen molar-refractivity contribution < 1.29 is 0 Å². The average Bonchev–Trinajstić information content (AvgIpc) is 1.86. The molecule has 1 N–H and O–H groups in total. The minimum Gasteiger partial charge on any atom is -0.442 e. The summed E-state index contributed by atoms with van der Waals surface area (Å²) in [6.45, 7) is 1.91. The molecule has 1 heterocycles. The van der Waals surface area contributed by atoms with Crippen LogP contribution in [-0.2, 0) is 0 Å². The van der Waals surface area contributed by atoms with E-state index in [0.29, 0.717) is 0 Å². The Labute approximate surface area is 36.2 Å². The molecule has 0 atom stereocenters. The molecule has 0 fully saturated rings. The van der Waals surface area contributed by atoms with Crippen molar-refractivity contribution in [3.8, 4) is 0 Å². The molecule has 1 aromatic heterocycles. The van der Waals surface area contributed by atoms with Gasteiger partial charge in [-0.15, -0.1) is 6.20 Å². The van der Waals surface area contributed by atoms with Crippen molar-refractivity contribution in [1.29, 1.82) is 0 Å². The van der Waals surface area contributed by atoms with Crippen molar-refractivity contribution in [2.45, 2.75) is 6.92 Å². The van der Waals surface area contributed by atoms with Crippen LogP contribution >= 0.6 is 0 Å². The Morgan fingerprint density at radius 3 is 3.00 bits per heavy atom. The Hall–Kier alpha value is -0.790. The third-order valence-corrected chi connectivity index (χ3v) is 0.578. The van der Waals surface area contributed by atoms with Gasteiger partial charge in [-0.25, -0.2) is 0 Å². The highest BCUT2D eigenvalue weighted by Gasteiger charge is 1.61. The zero-order chi connectivity index (χ0) is 4.41. The SMILES string of the molecule is Cc1[c-]nc[nH]1. The largest absolute Gasteiger partial charge is 0.442 e. The van der Waals surface area contributed by atoms with E-state index in [-0.39, 0.29) is 0 Å². The van der Waals surface area contributed by atoms with Crippen LogP contribution in [-0.4, -0.2) is 9.97 Å². The topological polar surface area (TPSA) is 28.7 Å². The summed E-state index contributed by atoms with van der Waals surface area (Å²) < 4.78 is 0. The number of hydrogen-bond acceptors (Lipinski definition) is 1. The van der Waals surface area contributed by atoms with Crippen LogP contribution in [0.4, 0.5) is 0 Å². The predicted octanol–water partition coefficient (Wildman–Crippen LogP) is 0.518. The molecule has 0 aliphatic rings. The number of nitrogens with zero attached hydrogens (tertiary/aromatic N) is 1. The van der Waals surface area contributed by atoms with Gasteiger partial charge in [0, 0.05) is 0 Å². The van der Waals surface area contributed by atoms with Crippen LogP contribution < -0.4 is 0 Å². The van der Waals surface area contributed by atoms with Crippen LogP contribution in [0.15, 0.2) is 6.33 Å². The molecule has 0 unspecified atom stereocenters. The van der Waals surface area contributed by atoms with Gasteiger partial charge in [0.25, 0.3) is 0 Å². The van der Waals surface area contributed by atoms with Gasteiger partial charge in [0.15, 0.2) is 0 Å². The molecule has 0 aromatic carbocycles. The first kappa shape index (κ1) is 3.40. The first-order valence-corrected chi connectivity index (χ1v) is 1.77. The summed E-state index contributed by atoms with van der Waals surface area (Å²) >= 11 is 0. The van der Waals surface area contributed by atoms with Crippen LogP contribution in [0.1, 0.15) is 5.69 Å². The zero-order valence-electron chi connectivity index (χ0n) is 3.52. The minimum absolute atomic E-state index is 0.981. The van der Waals surface area contributed by atoms with Crippen molar-refractivity contribution in [3.63, 3.8) is 0 Å². The highest BCUT2D eigenvalue weighted by Crippen LogP contribution is 1.79. The van der Waals surface area contributed by atoms with Crippen molar-refractivity contribution in [2.75, 3.05) is 0 Å². The van der Waals surface area contributed by atoms with Crippen LogP contribution in [0.3, 0.4) is 0 Å². The van der Waals surface area contributed by atoms with Gasteiger partial charge in [-0.2, -0.15) is 0 Å². The number of hydrogen-bond donors (Lipinski definition) is 1. The Kier molecular flexibility index (Phi) is 0.638. The van der Waals surface area contributed by atoms with Gasteiger partial charge in [-0.3, -0.25) is 0 Å². The van der Waals surface area contributed by atoms with Gasteiger partial charge in [-0.1, -0.05) is 12.0 Å². The third kappa shape index (κ3) is 0.407. The molecule has 32 valence electrons. The van der Waals surface area contributed by atoms with E-state index in [0.717, 1.165) is 5.69 Å². The van der Waals surface area contributed by atoms with Crippen LogP contribution in [0.2, 0.25) is 0 Å². The maximum atomic E-state index is 3.64. The fourth-order valence-electron chi connectivity index (χ4n) is 0.290. The Balaban J connectivity index is 3.05. The van der Waals surface area contributed by atoms with Gasteiger partial charge in [0.2, 0.25) is 0 Å². The maximum Gasteiger partial charge on any atom is -0.0428 e. The quantitative estimate of drug-likeness (QED) is 0.453. The second-order valence-corrected chi connectivity index (χ2v) is 1.14. The Bertz CT molecular complexity index is 109. The molecule has 0 spiro atoms. The highest BCUT2D eigenvalue weighted by atomic mass is 14.8. The highest BCUT2D eigenvalue weighted by molar-refractivity contribution is 4.85. The van der Waals surface area contributed by atoms with Crippen molar-refractivity contribution in [3.05, 3.63) is 18.2 Å². The lowest BCUT2D eigenvalue weighted by molar-refractivity contribution is 1.25. The van der Waals surface area contributed by atoms with Crippen LogP contribution in [0, 0.1) is 13.1 Å². The molecule has 0 saturated carbocycles. The number of aromatic nitrogens is 2. The summed E-state index contributed by atoms with van der Waals surface area (Å²) in [6, 6.07) is 0. The molecule has 0 bridgehead atoms. The molecular weight excluding hydrogens is 76.1 g/mol. The fraction of sp³-hybridized carbons (Fsp3) is 0.250. The molecule has 6 heavy (non-hydrogen) atoms. The zero-order valence-corrected chi connectivity index (χ0v) is 3.52. The van der Waals surface area contributed by atoms with Crippen molar-refractivity contribution >= 4 is 0 Å². The number of aromatic amines is 1. The summed E-state index contributed by atoms with van der Waals surface area (Å²) in [5, 5.41) is 0. The van der Waals surface area contributed by atoms with Gasteiger partial charge < -0.3 is 9.97 Å². The lowest BCUT2D eigenvalue weighted by Gasteiger charge is -1.78. The second kappa shape index (κ2) is 1.12. The van der Waals surface area contributed by atoms with E-state index >= 15 is 0 Å². The molecule has 2 nitrogen and oxygen atoms in total. The third-order valence-electron chi connectivity index (χ3n) is 0.578. The van der Waals surface area contributed by atoms with E-state index in [2.05, 4.69) is 16.2 Å². The van der Waals surface area contributed by atoms with Crippen molar-refractivity contribution in [1.82, 2.24) is 9.97 Å². The van der Waals surface area contributed by atoms with E-state index in [1.807, 2.05) is 6.92 Å². The lowest BCUT2D eigenvalue weighted by Crippen LogP contribution is -1.60. The first-order chi connectivity index (χ1) is 2.89. The predicted molar refractivity (Wildman–Crippen MR) is 22.2 cm³/mol. The summed E-state index contributed by atoms with van der Waals surface area (Å²) in [4.78, 5) is 6.47. The molecule has 0 aliphatic carbocycles. The fourth-order valence-corrected chi connectivity index (χ4v) is 0.290. The van der Waals surface area contributed by atoms with Crippen LogP contribution in [0.25, 0.3) is 0 Å². The monoisotopic (exact) mass is 81.0 g/mol. The van der Waals surface area contributed by atoms with E-state index < -0.39 is 0 Å². The number of aryl methyl sites for hydroxylation is 1. The van der Waals surface area contributed by atoms with E-state index in [4.69, 9.17) is 0 Å². The van der Waals surface area contributed by atoms with E-state index in [1.54, 1.807) is 6.33 Å². The second-order valence-electron chi connectivity index (χ2n) is 1.14. The number of H-pyrrole nitrogens is 1. The summed E-state index contributed by atoms with van der Waals surface area (Å²) in [7, 11) is 0. The summed E-state index contributed by atoms with van der Waals surface area (Å²) in [6.07, 6.45) is 4.30. The van der Waals surface area contributed by atoms with Gasteiger partial charge in [0.1, 0.15) is 0 Å². The summed E-state index contributed by atoms with van der Waals surface area (Å²) in [5.74, 6) is 0. The molecule has 1 rings (SSSR count). The molecule has 0 saturated heterocycles. The standard InChI is InChI=1S/C4H5N2/c1-4-2-5-3-6-4/h3H,1H3,(H,5,6)/q-1. The van der Waals surface area contributed by atoms with E-state index in [1.165, 1.54) is 0 Å². The summed E-state index contributed by atoms with van der Waals surface area (Å²) in [5.41, 5.74) is 0.981. The molecule has 2 heteroatoms. The van der Waals surface area contributed by atoms with Crippen molar-refractivity contribution in [2.24, 2.45) is 0 Å². The Morgan fingerprint density at radius 1 is 2.00 bits per heavy atom. The minimum atomic E-state index is 0.981.